The summed E-state index contributed by atoms with van der Waals surface area (Å²) in [5.41, 5.74) is 1.65. The fourth-order valence-corrected chi connectivity index (χ4v) is 5.60. The van der Waals surface area contributed by atoms with E-state index in [-0.39, 0.29) is 11.6 Å². The van der Waals surface area contributed by atoms with E-state index in [0.717, 1.165) is 15.4 Å². The molecule has 0 aliphatic heterocycles. The number of nitrogens with one attached hydrogen (secondary N) is 2. The van der Waals surface area contributed by atoms with Gasteiger partial charge in [0, 0.05) is 5.38 Å². The maximum Gasteiger partial charge on any atom is 0.357 e. The van der Waals surface area contributed by atoms with Crippen molar-refractivity contribution in [3.8, 4) is 9.88 Å². The Labute approximate surface area is 212 Å². The summed E-state index contributed by atoms with van der Waals surface area (Å²) in [4.78, 5) is 31.2. The summed E-state index contributed by atoms with van der Waals surface area (Å²) in [6.45, 7) is 3.85. The van der Waals surface area contributed by atoms with E-state index in [1.54, 1.807) is 23.5 Å². The number of hydrogen-bond donors (Lipinski definition) is 3. The molecule has 1 unspecified atom stereocenters. The zero-order valence-electron chi connectivity index (χ0n) is 19.4. The standard InChI is InChI=1S/C23H27N3O6S3/c1-14(2)11-17(23(28)32-3)21(27)24-18(19-13-34-22(25-19)20-5-4-10-33-20)12-15-6-8-16(9-7-15)26-35(29,30)31/h4-10,13-14,17-18,26H,11-12H2,1-3H3,(H,24,27)(H,29,30,31)/t17?,18-/m0/s1. The molecule has 2 atom stereocenters. The van der Waals surface area contributed by atoms with E-state index >= 15 is 0 Å². The summed E-state index contributed by atoms with van der Waals surface area (Å²) < 4.78 is 37.9. The Kier molecular flexibility index (Phi) is 9.00. The number of rotatable bonds is 11. The number of anilines is 1. The van der Waals surface area contributed by atoms with Gasteiger partial charge in [0.25, 0.3) is 0 Å². The quantitative estimate of drug-likeness (QED) is 0.188. The molecule has 2 aromatic heterocycles. The van der Waals surface area contributed by atoms with E-state index < -0.39 is 34.1 Å². The van der Waals surface area contributed by atoms with Crippen molar-refractivity contribution in [1.82, 2.24) is 10.3 Å². The van der Waals surface area contributed by atoms with Gasteiger partial charge in [0.2, 0.25) is 5.91 Å². The van der Waals surface area contributed by atoms with Gasteiger partial charge in [-0.25, -0.2) is 4.98 Å². The summed E-state index contributed by atoms with van der Waals surface area (Å²) in [5.74, 6) is -1.87. The smallest absolute Gasteiger partial charge is 0.357 e. The van der Waals surface area contributed by atoms with Crippen LogP contribution in [-0.4, -0.2) is 36.9 Å². The van der Waals surface area contributed by atoms with E-state index in [1.165, 1.54) is 30.6 Å². The number of carbonyl (C=O) groups excluding carboxylic acids is 2. The van der Waals surface area contributed by atoms with Crippen molar-refractivity contribution in [2.24, 2.45) is 11.8 Å². The van der Waals surface area contributed by atoms with E-state index in [4.69, 9.17) is 14.3 Å². The van der Waals surface area contributed by atoms with Gasteiger partial charge in [-0.1, -0.05) is 32.0 Å². The summed E-state index contributed by atoms with van der Waals surface area (Å²) in [6, 6.07) is 9.77. The van der Waals surface area contributed by atoms with Gasteiger partial charge >= 0.3 is 16.3 Å². The second kappa shape index (κ2) is 11.8. The van der Waals surface area contributed by atoms with Gasteiger partial charge in [-0.15, -0.1) is 22.7 Å². The van der Waals surface area contributed by atoms with Crippen LogP contribution in [0.1, 0.15) is 37.6 Å². The molecule has 1 amide bonds. The largest absolute Gasteiger partial charge is 0.468 e. The zero-order valence-corrected chi connectivity index (χ0v) is 21.9. The summed E-state index contributed by atoms with van der Waals surface area (Å²) >= 11 is 3.03. The number of aromatic nitrogens is 1. The van der Waals surface area contributed by atoms with Crippen LogP contribution in [0.25, 0.3) is 9.88 Å². The van der Waals surface area contributed by atoms with E-state index in [0.29, 0.717) is 18.5 Å². The maximum absolute atomic E-state index is 13.2. The van der Waals surface area contributed by atoms with Crippen molar-refractivity contribution in [3.63, 3.8) is 0 Å². The minimum Gasteiger partial charge on any atom is -0.468 e. The van der Waals surface area contributed by atoms with Gasteiger partial charge in [0.15, 0.2) is 0 Å². The number of carbonyl (C=O) groups is 2. The van der Waals surface area contributed by atoms with Crippen LogP contribution < -0.4 is 10.0 Å². The highest BCUT2D eigenvalue weighted by atomic mass is 32.2. The Bertz CT molecular complexity index is 1240. The lowest BCUT2D eigenvalue weighted by Crippen LogP contribution is -2.39. The van der Waals surface area contributed by atoms with Crippen LogP contribution in [0.3, 0.4) is 0 Å². The van der Waals surface area contributed by atoms with E-state index in [9.17, 15) is 18.0 Å². The molecule has 3 N–H and O–H groups in total. The molecule has 12 heteroatoms. The van der Waals surface area contributed by atoms with Crippen molar-refractivity contribution in [1.29, 1.82) is 0 Å². The normalized spacial score (nSPS) is 13.3. The minimum absolute atomic E-state index is 0.107. The molecule has 188 valence electrons. The Morgan fingerprint density at radius 3 is 2.43 bits per heavy atom. The first kappa shape index (κ1) is 26.8. The number of thiazole rings is 1. The van der Waals surface area contributed by atoms with Crippen molar-refractivity contribution < 1.29 is 27.3 Å². The molecule has 3 aromatic rings. The molecular formula is C23H27N3O6S3. The van der Waals surface area contributed by atoms with Crippen LogP contribution >= 0.6 is 22.7 Å². The van der Waals surface area contributed by atoms with Gasteiger partial charge in [-0.2, -0.15) is 8.42 Å². The zero-order chi connectivity index (χ0) is 25.6. The van der Waals surface area contributed by atoms with Crippen molar-refractivity contribution in [2.75, 3.05) is 11.8 Å². The molecule has 35 heavy (non-hydrogen) atoms. The predicted octanol–water partition coefficient (Wildman–Crippen LogP) is 4.32. The monoisotopic (exact) mass is 537 g/mol. The molecule has 0 saturated heterocycles. The summed E-state index contributed by atoms with van der Waals surface area (Å²) in [5, 5.41) is 7.64. The van der Waals surface area contributed by atoms with E-state index in [2.05, 4.69) is 5.32 Å². The number of nitrogens with zero attached hydrogens (tertiary/aromatic N) is 1. The van der Waals surface area contributed by atoms with Crippen LogP contribution in [0.15, 0.2) is 47.2 Å². The molecule has 0 bridgehead atoms. The summed E-state index contributed by atoms with van der Waals surface area (Å²) in [6.07, 6.45) is 0.694. The van der Waals surface area contributed by atoms with Crippen molar-refractivity contribution >= 4 is 50.5 Å². The third kappa shape index (κ3) is 7.85. The van der Waals surface area contributed by atoms with Gasteiger partial charge < -0.3 is 10.1 Å². The fourth-order valence-electron chi connectivity index (χ4n) is 3.48. The number of hydrogen-bond acceptors (Lipinski definition) is 8. The Morgan fingerprint density at radius 2 is 1.86 bits per heavy atom. The van der Waals surface area contributed by atoms with Crippen molar-refractivity contribution in [2.45, 2.75) is 32.7 Å². The average Bonchev–Trinajstić information content (AvgIpc) is 3.48. The second-order valence-electron chi connectivity index (χ2n) is 8.30. The Hall–Kier alpha value is -2.80. The molecule has 9 nitrogen and oxygen atoms in total. The lowest BCUT2D eigenvalue weighted by Gasteiger charge is -2.22. The molecule has 0 radical (unpaired) electrons. The molecule has 2 heterocycles. The summed E-state index contributed by atoms with van der Waals surface area (Å²) in [7, 11) is -3.12. The Balaban J connectivity index is 1.87. The van der Waals surface area contributed by atoms with Crippen LogP contribution in [0.4, 0.5) is 5.69 Å². The topological polar surface area (TPSA) is 135 Å². The molecule has 0 aliphatic rings. The molecule has 3 rings (SSSR count). The highest BCUT2D eigenvalue weighted by molar-refractivity contribution is 7.87. The lowest BCUT2D eigenvalue weighted by molar-refractivity contribution is -0.151. The molecule has 1 aromatic carbocycles. The van der Waals surface area contributed by atoms with E-state index in [1.807, 2.05) is 41.5 Å². The highest BCUT2D eigenvalue weighted by Gasteiger charge is 2.31. The van der Waals surface area contributed by atoms with Crippen LogP contribution in [0.2, 0.25) is 0 Å². The minimum atomic E-state index is -4.38. The number of methoxy groups -OCH3 is 1. The number of benzene rings is 1. The van der Waals surface area contributed by atoms with Gasteiger partial charge in [-0.05, 0) is 47.9 Å². The molecule has 0 aliphatic carbocycles. The van der Waals surface area contributed by atoms with Crippen LogP contribution in [0.5, 0.6) is 0 Å². The van der Waals surface area contributed by atoms with Crippen LogP contribution in [0, 0.1) is 11.8 Å². The highest BCUT2D eigenvalue weighted by Crippen LogP contribution is 2.31. The molecule has 0 spiro atoms. The number of esters is 1. The van der Waals surface area contributed by atoms with Crippen LogP contribution in [-0.2, 0) is 31.1 Å². The fraction of sp³-hybridized carbons (Fsp3) is 0.348. The molecular weight excluding hydrogens is 510 g/mol. The third-order valence-electron chi connectivity index (χ3n) is 5.08. The van der Waals surface area contributed by atoms with Gasteiger partial charge in [0.05, 0.1) is 29.4 Å². The average molecular weight is 538 g/mol. The van der Waals surface area contributed by atoms with Gasteiger partial charge in [-0.3, -0.25) is 18.9 Å². The number of amides is 1. The predicted molar refractivity (Wildman–Crippen MR) is 137 cm³/mol. The third-order valence-corrected chi connectivity index (χ3v) is 7.47. The first-order valence-electron chi connectivity index (χ1n) is 10.8. The Morgan fingerprint density at radius 1 is 1.14 bits per heavy atom. The van der Waals surface area contributed by atoms with Gasteiger partial charge in [0.1, 0.15) is 10.9 Å². The van der Waals surface area contributed by atoms with Crippen molar-refractivity contribution in [3.05, 3.63) is 58.4 Å². The second-order valence-corrected chi connectivity index (χ2v) is 11.3. The molecule has 0 fully saturated rings. The number of ether oxygens (including phenoxy) is 1. The number of thiophene rings is 1. The molecule has 0 saturated carbocycles. The SMILES string of the molecule is COC(=O)C(CC(C)C)C(=O)N[C@@H](Cc1ccc(NS(=O)(=O)O)cc1)c1csc(-c2cccs2)n1. The first-order valence-corrected chi connectivity index (χ1v) is 14.0. The lowest BCUT2D eigenvalue weighted by atomic mass is 9.95. The first-order chi connectivity index (χ1) is 16.6. The maximum atomic E-state index is 13.2.